The molecule has 0 radical (unpaired) electrons. The van der Waals surface area contributed by atoms with Gasteiger partial charge in [0.15, 0.2) is 5.96 Å². The van der Waals surface area contributed by atoms with Crippen LogP contribution in [-0.4, -0.2) is 51.0 Å². The molecule has 0 aliphatic carbocycles. The van der Waals surface area contributed by atoms with E-state index < -0.39 is 0 Å². The fourth-order valence-electron chi connectivity index (χ4n) is 2.40. The topological polar surface area (TPSA) is 54.9 Å². The fraction of sp³-hybridized carbons (Fsp3) is 0.929. The summed E-state index contributed by atoms with van der Waals surface area (Å²) in [5.41, 5.74) is 0.176. The van der Waals surface area contributed by atoms with E-state index in [0.717, 1.165) is 58.3 Å². The third-order valence-corrected chi connectivity index (χ3v) is 3.79. The summed E-state index contributed by atoms with van der Waals surface area (Å²) in [6.45, 7) is 11.5. The van der Waals surface area contributed by atoms with E-state index in [9.17, 15) is 0 Å². The Labute approximate surface area is 116 Å². The summed E-state index contributed by atoms with van der Waals surface area (Å²) in [4.78, 5) is 4.66. The average molecular weight is 269 g/mol. The SMILES string of the molecule is CCNC(=NCC1(C)COC1)NCC1(C)CCCO1. The van der Waals surface area contributed by atoms with Crippen molar-refractivity contribution in [1.82, 2.24) is 10.6 Å². The van der Waals surface area contributed by atoms with Crippen molar-refractivity contribution in [3.8, 4) is 0 Å². The van der Waals surface area contributed by atoms with Crippen molar-refractivity contribution >= 4 is 5.96 Å². The molecule has 5 nitrogen and oxygen atoms in total. The summed E-state index contributed by atoms with van der Waals surface area (Å²) in [6.07, 6.45) is 2.27. The molecular weight excluding hydrogens is 242 g/mol. The van der Waals surface area contributed by atoms with Crippen LogP contribution in [0.3, 0.4) is 0 Å². The van der Waals surface area contributed by atoms with E-state index >= 15 is 0 Å². The number of aliphatic imine (C=N–C) groups is 1. The van der Waals surface area contributed by atoms with Crippen LogP contribution in [0.4, 0.5) is 0 Å². The van der Waals surface area contributed by atoms with E-state index in [-0.39, 0.29) is 11.0 Å². The Bertz CT molecular complexity index is 321. The van der Waals surface area contributed by atoms with Crippen molar-refractivity contribution in [2.24, 2.45) is 10.4 Å². The predicted octanol–water partition coefficient (Wildman–Crippen LogP) is 1.15. The third kappa shape index (κ3) is 4.08. The van der Waals surface area contributed by atoms with Gasteiger partial charge in [0.2, 0.25) is 0 Å². The van der Waals surface area contributed by atoms with Gasteiger partial charge in [-0.15, -0.1) is 0 Å². The van der Waals surface area contributed by atoms with Crippen LogP contribution < -0.4 is 10.6 Å². The normalized spacial score (nSPS) is 29.9. The molecule has 0 aromatic heterocycles. The molecule has 0 spiro atoms. The third-order valence-electron chi connectivity index (χ3n) is 3.79. The highest BCUT2D eigenvalue weighted by Crippen LogP contribution is 2.26. The molecule has 2 aliphatic heterocycles. The summed E-state index contributed by atoms with van der Waals surface area (Å²) in [6, 6.07) is 0. The lowest BCUT2D eigenvalue weighted by atomic mass is 9.89. The van der Waals surface area contributed by atoms with Crippen molar-refractivity contribution < 1.29 is 9.47 Å². The molecule has 110 valence electrons. The van der Waals surface area contributed by atoms with Gasteiger partial charge in [0.05, 0.1) is 25.4 Å². The minimum absolute atomic E-state index is 0.0420. The summed E-state index contributed by atoms with van der Waals surface area (Å²) in [7, 11) is 0. The Balaban J connectivity index is 1.82. The fourth-order valence-corrected chi connectivity index (χ4v) is 2.40. The van der Waals surface area contributed by atoms with Gasteiger partial charge in [-0.3, -0.25) is 4.99 Å². The minimum Gasteiger partial charge on any atom is -0.380 e. The summed E-state index contributed by atoms with van der Waals surface area (Å²) < 4.78 is 11.0. The highest BCUT2D eigenvalue weighted by molar-refractivity contribution is 5.79. The Morgan fingerprint density at radius 2 is 2.05 bits per heavy atom. The lowest BCUT2D eigenvalue weighted by molar-refractivity contribution is -0.0945. The molecule has 1 atom stereocenters. The molecule has 0 aromatic rings. The monoisotopic (exact) mass is 269 g/mol. The van der Waals surface area contributed by atoms with Gasteiger partial charge in [-0.25, -0.2) is 0 Å². The van der Waals surface area contributed by atoms with Crippen LogP contribution in [0.2, 0.25) is 0 Å². The standard InChI is InChI=1S/C14H27N3O2/c1-4-15-12(16-8-13(2)10-18-11-13)17-9-14(3)6-5-7-19-14/h4-11H2,1-3H3,(H2,15,16,17). The van der Waals surface area contributed by atoms with Crippen LogP contribution >= 0.6 is 0 Å². The van der Waals surface area contributed by atoms with Crippen LogP contribution in [0.5, 0.6) is 0 Å². The second kappa shape index (κ2) is 6.09. The van der Waals surface area contributed by atoms with Crippen LogP contribution in [0.15, 0.2) is 4.99 Å². The molecule has 0 bridgehead atoms. The molecule has 2 N–H and O–H groups in total. The van der Waals surface area contributed by atoms with Crippen molar-refractivity contribution in [2.75, 3.05) is 39.5 Å². The average Bonchev–Trinajstić information content (AvgIpc) is 2.78. The second-order valence-corrected chi connectivity index (χ2v) is 6.25. The van der Waals surface area contributed by atoms with Gasteiger partial charge >= 0.3 is 0 Å². The van der Waals surface area contributed by atoms with E-state index in [4.69, 9.17) is 9.47 Å². The molecule has 2 aliphatic rings. The van der Waals surface area contributed by atoms with E-state index in [1.165, 1.54) is 0 Å². The van der Waals surface area contributed by atoms with E-state index in [2.05, 4.69) is 36.4 Å². The Kier molecular flexibility index (Phi) is 4.68. The minimum atomic E-state index is -0.0420. The van der Waals surface area contributed by atoms with Gasteiger partial charge in [-0.1, -0.05) is 6.92 Å². The number of rotatable bonds is 5. The number of ether oxygens (including phenoxy) is 2. The lowest BCUT2D eigenvalue weighted by Crippen LogP contribution is -2.47. The van der Waals surface area contributed by atoms with E-state index in [1.807, 2.05) is 0 Å². The maximum absolute atomic E-state index is 5.78. The van der Waals surface area contributed by atoms with E-state index in [1.54, 1.807) is 0 Å². The molecule has 19 heavy (non-hydrogen) atoms. The predicted molar refractivity (Wildman–Crippen MR) is 76.5 cm³/mol. The Hall–Kier alpha value is -0.810. The second-order valence-electron chi connectivity index (χ2n) is 6.25. The number of guanidine groups is 1. The first-order valence-electron chi connectivity index (χ1n) is 7.29. The summed E-state index contributed by atoms with van der Waals surface area (Å²) >= 11 is 0. The summed E-state index contributed by atoms with van der Waals surface area (Å²) in [5.74, 6) is 0.882. The zero-order valence-corrected chi connectivity index (χ0v) is 12.4. The van der Waals surface area contributed by atoms with Crippen molar-refractivity contribution in [3.63, 3.8) is 0 Å². The van der Waals surface area contributed by atoms with Gasteiger partial charge in [0.1, 0.15) is 0 Å². The Morgan fingerprint density at radius 1 is 1.26 bits per heavy atom. The molecule has 2 rings (SSSR count). The van der Waals surface area contributed by atoms with Crippen LogP contribution in [-0.2, 0) is 9.47 Å². The largest absolute Gasteiger partial charge is 0.380 e. The van der Waals surface area contributed by atoms with Gasteiger partial charge in [-0.05, 0) is 26.7 Å². The van der Waals surface area contributed by atoms with Gasteiger partial charge in [0.25, 0.3) is 0 Å². The molecule has 2 fully saturated rings. The molecule has 0 saturated carbocycles. The Morgan fingerprint density at radius 3 is 2.58 bits per heavy atom. The van der Waals surface area contributed by atoms with Gasteiger partial charge in [0, 0.05) is 25.1 Å². The molecule has 0 amide bonds. The molecule has 2 heterocycles. The molecule has 1 unspecified atom stereocenters. The highest BCUT2D eigenvalue weighted by atomic mass is 16.5. The van der Waals surface area contributed by atoms with Crippen molar-refractivity contribution in [3.05, 3.63) is 0 Å². The number of nitrogens with one attached hydrogen (secondary N) is 2. The first kappa shape index (κ1) is 14.6. The molecule has 5 heteroatoms. The smallest absolute Gasteiger partial charge is 0.191 e. The van der Waals surface area contributed by atoms with Crippen molar-refractivity contribution in [2.45, 2.75) is 39.2 Å². The van der Waals surface area contributed by atoms with Gasteiger partial charge < -0.3 is 20.1 Å². The van der Waals surface area contributed by atoms with Crippen LogP contribution in [0.1, 0.15) is 33.6 Å². The quantitative estimate of drug-likeness (QED) is 0.581. The van der Waals surface area contributed by atoms with Crippen LogP contribution in [0, 0.1) is 5.41 Å². The zero-order valence-electron chi connectivity index (χ0n) is 12.4. The van der Waals surface area contributed by atoms with Crippen molar-refractivity contribution in [1.29, 1.82) is 0 Å². The maximum Gasteiger partial charge on any atom is 0.191 e. The number of hydrogen-bond donors (Lipinski definition) is 2. The zero-order chi connectivity index (χ0) is 13.8. The lowest BCUT2D eigenvalue weighted by Gasteiger charge is -2.36. The maximum atomic E-state index is 5.78. The molecule has 2 saturated heterocycles. The van der Waals surface area contributed by atoms with E-state index in [0.29, 0.717) is 0 Å². The van der Waals surface area contributed by atoms with Crippen LogP contribution in [0.25, 0.3) is 0 Å². The molecule has 0 aromatic carbocycles. The first-order valence-corrected chi connectivity index (χ1v) is 7.29. The highest BCUT2D eigenvalue weighted by Gasteiger charge is 2.33. The van der Waals surface area contributed by atoms with Gasteiger partial charge in [-0.2, -0.15) is 0 Å². The summed E-state index contributed by atoms with van der Waals surface area (Å²) in [5, 5.41) is 6.68. The first-order chi connectivity index (χ1) is 9.05. The number of nitrogens with zero attached hydrogens (tertiary/aromatic N) is 1. The molecular formula is C14H27N3O2. The number of hydrogen-bond acceptors (Lipinski definition) is 3.